The van der Waals surface area contributed by atoms with Crippen molar-refractivity contribution in [3.63, 3.8) is 0 Å². The molecule has 2 aliphatic rings. The molecule has 1 aliphatic heterocycles. The first-order chi connectivity index (χ1) is 15.5. The molecule has 0 unspecified atom stereocenters. The van der Waals surface area contributed by atoms with Crippen LogP contribution in [0.3, 0.4) is 0 Å². The van der Waals surface area contributed by atoms with Crippen LogP contribution in [-0.2, 0) is 17.8 Å². The summed E-state index contributed by atoms with van der Waals surface area (Å²) in [4.78, 5) is 27.9. The number of carbonyl (C=O) groups excluding carboxylic acids is 2. The van der Waals surface area contributed by atoms with Crippen LogP contribution in [0.1, 0.15) is 56.1 Å². The second kappa shape index (κ2) is 12.2. The summed E-state index contributed by atoms with van der Waals surface area (Å²) in [5.41, 5.74) is 2.21. The summed E-state index contributed by atoms with van der Waals surface area (Å²) in [6.45, 7) is 1.09. The lowest BCUT2D eigenvalue weighted by molar-refractivity contribution is -0.123. The molecule has 7 nitrogen and oxygen atoms in total. The molecule has 0 saturated heterocycles. The molecule has 178 valence electrons. The molecule has 0 radical (unpaired) electrons. The molecule has 0 spiro atoms. The first-order valence-electron chi connectivity index (χ1n) is 11.6. The number of thioether (sulfide) groups is 1. The average Bonchev–Trinajstić information content (AvgIpc) is 3.08. The van der Waals surface area contributed by atoms with Crippen LogP contribution in [0.5, 0.6) is 11.5 Å². The van der Waals surface area contributed by atoms with Gasteiger partial charge in [0, 0.05) is 19.1 Å². The van der Waals surface area contributed by atoms with Gasteiger partial charge in [-0.25, -0.2) is 4.79 Å². The van der Waals surface area contributed by atoms with Gasteiger partial charge in [0.05, 0.1) is 14.2 Å². The molecule has 1 aromatic carbocycles. The van der Waals surface area contributed by atoms with Crippen molar-refractivity contribution in [2.75, 3.05) is 32.8 Å². The van der Waals surface area contributed by atoms with Gasteiger partial charge in [-0.1, -0.05) is 25.7 Å². The Bertz CT molecular complexity index is 781. The fourth-order valence-corrected chi connectivity index (χ4v) is 5.00. The summed E-state index contributed by atoms with van der Waals surface area (Å²) in [7, 11) is 3.24. The van der Waals surface area contributed by atoms with Crippen molar-refractivity contribution in [3.8, 4) is 11.5 Å². The molecule has 0 bridgehead atoms. The highest BCUT2D eigenvalue weighted by Gasteiger charge is 2.28. The number of benzene rings is 1. The maximum Gasteiger partial charge on any atom is 0.318 e. The van der Waals surface area contributed by atoms with E-state index < -0.39 is 6.04 Å². The molecule has 3 rings (SSSR count). The summed E-state index contributed by atoms with van der Waals surface area (Å²) in [6.07, 6.45) is 10.3. The highest BCUT2D eigenvalue weighted by Crippen LogP contribution is 2.33. The predicted octanol–water partition coefficient (Wildman–Crippen LogP) is 3.73. The Morgan fingerprint density at radius 1 is 1.09 bits per heavy atom. The second-order valence-corrected chi connectivity index (χ2v) is 9.61. The Balaban J connectivity index is 1.63. The van der Waals surface area contributed by atoms with E-state index in [2.05, 4.69) is 10.6 Å². The van der Waals surface area contributed by atoms with Crippen LogP contribution in [0.25, 0.3) is 0 Å². The molecule has 0 aromatic heterocycles. The first kappa shape index (κ1) is 24.6. The lowest BCUT2D eigenvalue weighted by Gasteiger charge is -2.31. The number of hydrogen-bond donors (Lipinski definition) is 2. The molecule has 1 atom stereocenters. The molecule has 1 heterocycles. The van der Waals surface area contributed by atoms with Gasteiger partial charge in [0.25, 0.3) is 0 Å². The molecule has 2 N–H and O–H groups in total. The van der Waals surface area contributed by atoms with E-state index in [1.807, 2.05) is 18.4 Å². The van der Waals surface area contributed by atoms with Crippen molar-refractivity contribution >= 4 is 23.7 Å². The van der Waals surface area contributed by atoms with Gasteiger partial charge in [-0.05, 0) is 61.0 Å². The van der Waals surface area contributed by atoms with Crippen molar-refractivity contribution in [1.29, 1.82) is 0 Å². The number of carbonyl (C=O) groups is 2. The molecule has 1 fully saturated rings. The van der Waals surface area contributed by atoms with E-state index in [1.165, 1.54) is 12.8 Å². The van der Waals surface area contributed by atoms with Gasteiger partial charge < -0.3 is 25.0 Å². The fraction of sp³-hybridized carbons (Fsp3) is 0.667. The zero-order chi connectivity index (χ0) is 22.9. The molecular weight excluding hydrogens is 426 g/mol. The number of fused-ring (bicyclic) bond motifs is 1. The van der Waals surface area contributed by atoms with Crippen LogP contribution in [0.4, 0.5) is 4.79 Å². The highest BCUT2D eigenvalue weighted by molar-refractivity contribution is 7.98. The van der Waals surface area contributed by atoms with Gasteiger partial charge in [0.1, 0.15) is 6.04 Å². The van der Waals surface area contributed by atoms with Gasteiger partial charge in [-0.2, -0.15) is 11.8 Å². The van der Waals surface area contributed by atoms with E-state index in [1.54, 1.807) is 30.9 Å². The topological polar surface area (TPSA) is 79.9 Å². The number of methoxy groups -OCH3 is 2. The summed E-state index contributed by atoms with van der Waals surface area (Å²) < 4.78 is 10.8. The maximum atomic E-state index is 13.1. The number of urea groups is 1. The van der Waals surface area contributed by atoms with E-state index in [0.29, 0.717) is 31.0 Å². The van der Waals surface area contributed by atoms with Crippen molar-refractivity contribution < 1.29 is 19.1 Å². The zero-order valence-corrected chi connectivity index (χ0v) is 20.4. The monoisotopic (exact) mass is 463 g/mol. The third kappa shape index (κ3) is 6.47. The van der Waals surface area contributed by atoms with Gasteiger partial charge in [-0.3, -0.25) is 4.79 Å². The molecule has 1 aromatic rings. The van der Waals surface area contributed by atoms with Gasteiger partial charge >= 0.3 is 6.03 Å². The fourth-order valence-electron chi connectivity index (χ4n) is 4.53. The van der Waals surface area contributed by atoms with E-state index in [4.69, 9.17) is 9.47 Å². The van der Waals surface area contributed by atoms with Crippen LogP contribution >= 0.6 is 11.8 Å². The Morgan fingerprint density at radius 2 is 1.75 bits per heavy atom. The quantitative estimate of drug-likeness (QED) is 0.574. The number of nitrogens with zero attached hydrogens (tertiary/aromatic N) is 1. The number of nitrogens with one attached hydrogen (secondary N) is 2. The van der Waals surface area contributed by atoms with Crippen molar-refractivity contribution in [2.45, 2.75) is 70.0 Å². The molecule has 3 amide bonds. The standard InChI is InChI=1S/C24H37N3O4S/c1-30-21-14-17-10-12-27(16-18(17)15-22(21)31-2)24(29)26-20(11-13-32-3)23(28)25-19-8-6-4-5-7-9-19/h14-15,19-20H,4-13,16H2,1-3H3,(H,25,28)(H,26,29)/t20-/m0/s1. The summed E-state index contributed by atoms with van der Waals surface area (Å²) in [6, 6.07) is 3.46. The van der Waals surface area contributed by atoms with Crippen LogP contribution in [0, 0.1) is 0 Å². The summed E-state index contributed by atoms with van der Waals surface area (Å²) in [5.74, 6) is 2.14. The number of ether oxygens (including phenoxy) is 2. The van der Waals surface area contributed by atoms with Crippen molar-refractivity contribution in [3.05, 3.63) is 23.3 Å². The Kier molecular flexibility index (Phi) is 9.38. The third-order valence-corrected chi connectivity index (χ3v) is 7.08. The lowest BCUT2D eigenvalue weighted by atomic mass is 9.99. The van der Waals surface area contributed by atoms with Gasteiger partial charge in [-0.15, -0.1) is 0 Å². The smallest absolute Gasteiger partial charge is 0.318 e. The minimum absolute atomic E-state index is 0.0527. The molecule has 8 heteroatoms. The van der Waals surface area contributed by atoms with Crippen molar-refractivity contribution in [1.82, 2.24) is 15.5 Å². The van der Waals surface area contributed by atoms with Crippen LogP contribution in [0.15, 0.2) is 12.1 Å². The molecule has 1 saturated carbocycles. The van der Waals surface area contributed by atoms with Crippen LogP contribution in [-0.4, -0.2) is 61.7 Å². The first-order valence-corrected chi connectivity index (χ1v) is 13.0. The average molecular weight is 464 g/mol. The predicted molar refractivity (Wildman–Crippen MR) is 129 cm³/mol. The second-order valence-electron chi connectivity index (χ2n) is 8.63. The van der Waals surface area contributed by atoms with E-state index in [9.17, 15) is 9.59 Å². The Morgan fingerprint density at radius 3 is 2.38 bits per heavy atom. The van der Waals surface area contributed by atoms with Gasteiger partial charge in [0.15, 0.2) is 11.5 Å². The third-order valence-electron chi connectivity index (χ3n) is 6.43. The summed E-state index contributed by atoms with van der Waals surface area (Å²) >= 11 is 1.69. The largest absolute Gasteiger partial charge is 0.493 e. The number of amides is 3. The number of rotatable bonds is 8. The Hall–Kier alpha value is -2.09. The summed E-state index contributed by atoms with van der Waals surface area (Å²) in [5, 5.41) is 6.22. The minimum atomic E-state index is -0.509. The van der Waals surface area contributed by atoms with Gasteiger partial charge in [0.2, 0.25) is 5.91 Å². The van der Waals surface area contributed by atoms with Crippen molar-refractivity contribution in [2.24, 2.45) is 0 Å². The normalized spacial score (nSPS) is 17.7. The van der Waals surface area contributed by atoms with E-state index >= 15 is 0 Å². The SMILES string of the molecule is COc1cc2c(cc1OC)CN(C(=O)N[C@@H](CCSC)C(=O)NC1CCCCCC1)CC2. The molecule has 1 aliphatic carbocycles. The molecular formula is C24H37N3O4S. The van der Waals surface area contributed by atoms with Crippen LogP contribution in [0.2, 0.25) is 0 Å². The zero-order valence-electron chi connectivity index (χ0n) is 19.6. The Labute approximate surface area is 196 Å². The van der Waals surface area contributed by atoms with E-state index in [0.717, 1.165) is 49.0 Å². The van der Waals surface area contributed by atoms with E-state index in [-0.39, 0.29) is 18.0 Å². The minimum Gasteiger partial charge on any atom is -0.493 e. The molecule has 32 heavy (non-hydrogen) atoms. The van der Waals surface area contributed by atoms with Crippen LogP contribution < -0.4 is 20.1 Å². The lowest BCUT2D eigenvalue weighted by Crippen LogP contribution is -2.53. The highest BCUT2D eigenvalue weighted by atomic mass is 32.2. The number of hydrogen-bond acceptors (Lipinski definition) is 5. The maximum absolute atomic E-state index is 13.1.